The maximum Gasteiger partial charge on any atom is 0.292 e. The highest BCUT2D eigenvalue weighted by molar-refractivity contribution is 9.10. The third kappa shape index (κ3) is 2.65. The van der Waals surface area contributed by atoms with Crippen LogP contribution in [0.1, 0.15) is 33.7 Å². The van der Waals surface area contributed by atoms with Crippen LogP contribution in [-0.2, 0) is 12.8 Å². The molecule has 0 fully saturated rings. The molecule has 102 valence electrons. The predicted molar refractivity (Wildman–Crippen MR) is 79.8 cm³/mol. The minimum absolute atomic E-state index is 0.268. The quantitative estimate of drug-likeness (QED) is 0.669. The van der Waals surface area contributed by atoms with Crippen molar-refractivity contribution in [3.8, 4) is 0 Å². The molecule has 2 N–H and O–H groups in total. The molecular weight excluding hydrogens is 320 g/mol. The van der Waals surface area contributed by atoms with Gasteiger partial charge in [0.1, 0.15) is 0 Å². The highest BCUT2D eigenvalue weighted by Gasteiger charge is 2.22. The minimum atomic E-state index is -0.268. The van der Waals surface area contributed by atoms with E-state index in [-0.39, 0.29) is 5.91 Å². The molecule has 0 spiro atoms. The SMILES string of the molecule is O=C(NN=Cc1cccc(Br)c1)c1n[nH]c2c1CCC2. The number of hydrogen-bond acceptors (Lipinski definition) is 3. The molecule has 1 heterocycles. The van der Waals surface area contributed by atoms with Crippen molar-refractivity contribution in [3.63, 3.8) is 0 Å². The average molecular weight is 333 g/mol. The topological polar surface area (TPSA) is 70.1 Å². The number of fused-ring (bicyclic) bond motifs is 1. The molecule has 6 heteroatoms. The summed E-state index contributed by atoms with van der Waals surface area (Å²) in [6.45, 7) is 0. The number of hydrazone groups is 1. The summed E-state index contributed by atoms with van der Waals surface area (Å²) >= 11 is 3.39. The predicted octanol–water partition coefficient (Wildman–Crippen LogP) is 2.42. The van der Waals surface area contributed by atoms with E-state index in [0.717, 1.165) is 40.6 Å². The van der Waals surface area contributed by atoms with Crippen molar-refractivity contribution < 1.29 is 4.79 Å². The van der Waals surface area contributed by atoms with Crippen molar-refractivity contribution in [2.24, 2.45) is 5.10 Å². The maximum atomic E-state index is 12.0. The van der Waals surface area contributed by atoms with Crippen molar-refractivity contribution in [2.75, 3.05) is 0 Å². The molecule has 0 unspecified atom stereocenters. The lowest BCUT2D eigenvalue weighted by atomic mass is 10.2. The number of amides is 1. The van der Waals surface area contributed by atoms with Gasteiger partial charge in [-0.2, -0.15) is 10.2 Å². The largest absolute Gasteiger partial charge is 0.292 e. The van der Waals surface area contributed by atoms with Crippen LogP contribution in [-0.4, -0.2) is 22.3 Å². The van der Waals surface area contributed by atoms with Gasteiger partial charge in [-0.15, -0.1) is 0 Å². The monoisotopic (exact) mass is 332 g/mol. The van der Waals surface area contributed by atoms with Crippen molar-refractivity contribution in [3.05, 3.63) is 51.3 Å². The molecule has 1 aromatic heterocycles. The first-order chi connectivity index (χ1) is 9.74. The maximum absolute atomic E-state index is 12.0. The number of carbonyl (C=O) groups excluding carboxylic acids is 1. The van der Waals surface area contributed by atoms with E-state index in [9.17, 15) is 4.79 Å². The highest BCUT2D eigenvalue weighted by Crippen LogP contribution is 2.22. The average Bonchev–Trinajstić information content (AvgIpc) is 3.00. The van der Waals surface area contributed by atoms with Gasteiger partial charge >= 0.3 is 0 Å². The third-order valence-electron chi connectivity index (χ3n) is 3.25. The fraction of sp³-hybridized carbons (Fsp3) is 0.214. The number of H-pyrrole nitrogens is 1. The molecule has 0 radical (unpaired) electrons. The Labute approximate surface area is 124 Å². The number of aryl methyl sites for hydroxylation is 1. The number of nitrogens with one attached hydrogen (secondary N) is 2. The molecule has 0 bridgehead atoms. The summed E-state index contributed by atoms with van der Waals surface area (Å²) in [5.41, 5.74) is 5.99. The van der Waals surface area contributed by atoms with E-state index in [1.54, 1.807) is 6.21 Å². The fourth-order valence-corrected chi connectivity index (χ4v) is 2.73. The molecule has 0 saturated heterocycles. The van der Waals surface area contributed by atoms with Crippen LogP contribution in [0.25, 0.3) is 0 Å². The summed E-state index contributed by atoms with van der Waals surface area (Å²) in [7, 11) is 0. The normalized spacial score (nSPS) is 13.7. The molecule has 0 aliphatic heterocycles. The lowest BCUT2D eigenvalue weighted by Crippen LogP contribution is -2.19. The summed E-state index contributed by atoms with van der Waals surface area (Å²) in [5, 5.41) is 10.9. The van der Waals surface area contributed by atoms with Crippen LogP contribution in [0.5, 0.6) is 0 Å². The first kappa shape index (κ1) is 13.1. The summed E-state index contributed by atoms with van der Waals surface area (Å²) in [6.07, 6.45) is 4.56. The van der Waals surface area contributed by atoms with Gasteiger partial charge in [0.2, 0.25) is 0 Å². The van der Waals surface area contributed by atoms with Gasteiger partial charge in [0.25, 0.3) is 5.91 Å². The van der Waals surface area contributed by atoms with Gasteiger partial charge in [-0.3, -0.25) is 9.89 Å². The Kier molecular flexibility index (Phi) is 3.64. The smallest absolute Gasteiger partial charge is 0.281 e. The molecule has 1 amide bonds. The molecule has 0 atom stereocenters. The van der Waals surface area contributed by atoms with Crippen LogP contribution in [0.3, 0.4) is 0 Å². The van der Waals surface area contributed by atoms with E-state index in [0.29, 0.717) is 5.69 Å². The van der Waals surface area contributed by atoms with Gasteiger partial charge in [0, 0.05) is 15.7 Å². The molecule has 1 aliphatic carbocycles. The lowest BCUT2D eigenvalue weighted by Gasteiger charge is -1.98. The van der Waals surface area contributed by atoms with E-state index in [1.165, 1.54) is 0 Å². The van der Waals surface area contributed by atoms with Crippen molar-refractivity contribution in [1.29, 1.82) is 0 Å². The Morgan fingerprint density at radius 1 is 1.45 bits per heavy atom. The highest BCUT2D eigenvalue weighted by atomic mass is 79.9. The summed E-state index contributed by atoms with van der Waals surface area (Å²) in [6, 6.07) is 7.67. The second kappa shape index (κ2) is 5.58. The summed E-state index contributed by atoms with van der Waals surface area (Å²) in [4.78, 5) is 12.0. The lowest BCUT2D eigenvalue weighted by molar-refractivity contribution is 0.0949. The molecular formula is C14H13BrN4O. The molecule has 3 rings (SSSR count). The Bertz CT molecular complexity index is 678. The van der Waals surface area contributed by atoms with Gasteiger partial charge in [-0.05, 0) is 37.0 Å². The summed E-state index contributed by atoms with van der Waals surface area (Å²) < 4.78 is 0.970. The number of benzene rings is 1. The Morgan fingerprint density at radius 2 is 2.35 bits per heavy atom. The molecule has 2 aromatic rings. The number of hydrogen-bond donors (Lipinski definition) is 2. The first-order valence-corrected chi connectivity index (χ1v) is 7.18. The van der Waals surface area contributed by atoms with Gasteiger partial charge in [-0.1, -0.05) is 28.1 Å². The molecule has 1 aliphatic rings. The van der Waals surface area contributed by atoms with E-state index < -0.39 is 0 Å². The minimum Gasteiger partial charge on any atom is -0.281 e. The third-order valence-corrected chi connectivity index (χ3v) is 3.74. The first-order valence-electron chi connectivity index (χ1n) is 6.39. The standard InChI is InChI=1S/C14H13BrN4O/c15-10-4-1-3-9(7-10)8-16-19-14(20)13-11-5-2-6-12(11)17-18-13/h1,3-4,7-8H,2,5-6H2,(H,17,18)(H,19,20). The molecule has 1 aromatic carbocycles. The number of rotatable bonds is 3. The van der Waals surface area contributed by atoms with Crippen LogP contribution >= 0.6 is 15.9 Å². The van der Waals surface area contributed by atoms with E-state index in [4.69, 9.17) is 0 Å². The second-order valence-corrected chi connectivity index (χ2v) is 5.55. The van der Waals surface area contributed by atoms with E-state index >= 15 is 0 Å². The Balaban J connectivity index is 1.67. The number of aromatic amines is 1. The van der Waals surface area contributed by atoms with Gasteiger partial charge < -0.3 is 0 Å². The molecule has 20 heavy (non-hydrogen) atoms. The van der Waals surface area contributed by atoms with Crippen LogP contribution < -0.4 is 5.43 Å². The number of carbonyl (C=O) groups is 1. The van der Waals surface area contributed by atoms with Crippen molar-refractivity contribution in [1.82, 2.24) is 15.6 Å². The zero-order chi connectivity index (χ0) is 13.9. The summed E-state index contributed by atoms with van der Waals surface area (Å²) in [5.74, 6) is -0.268. The molecule has 5 nitrogen and oxygen atoms in total. The van der Waals surface area contributed by atoms with Crippen molar-refractivity contribution >= 4 is 28.1 Å². The molecule has 0 saturated carbocycles. The van der Waals surface area contributed by atoms with Gasteiger partial charge in [-0.25, -0.2) is 5.43 Å². The van der Waals surface area contributed by atoms with Crippen LogP contribution in [0.4, 0.5) is 0 Å². The number of aromatic nitrogens is 2. The second-order valence-electron chi connectivity index (χ2n) is 4.64. The van der Waals surface area contributed by atoms with Crippen LogP contribution in [0.2, 0.25) is 0 Å². The zero-order valence-corrected chi connectivity index (χ0v) is 12.3. The van der Waals surface area contributed by atoms with Crippen molar-refractivity contribution in [2.45, 2.75) is 19.3 Å². The number of halogens is 1. The van der Waals surface area contributed by atoms with Gasteiger partial charge in [0.05, 0.1) is 6.21 Å². The van der Waals surface area contributed by atoms with Gasteiger partial charge in [0.15, 0.2) is 5.69 Å². The van der Waals surface area contributed by atoms with E-state index in [2.05, 4.69) is 36.7 Å². The van der Waals surface area contributed by atoms with E-state index in [1.807, 2.05) is 24.3 Å². The van der Waals surface area contributed by atoms with Crippen LogP contribution in [0, 0.1) is 0 Å². The Hall–Kier alpha value is -1.95. The zero-order valence-electron chi connectivity index (χ0n) is 10.7. The Morgan fingerprint density at radius 3 is 3.20 bits per heavy atom. The fourth-order valence-electron chi connectivity index (χ4n) is 2.31. The van der Waals surface area contributed by atoms with Crippen LogP contribution in [0.15, 0.2) is 33.8 Å². The number of nitrogens with zero attached hydrogens (tertiary/aromatic N) is 2.